The van der Waals surface area contributed by atoms with Crippen LogP contribution in [0.25, 0.3) is 0 Å². The highest BCUT2D eigenvalue weighted by Crippen LogP contribution is 2.16. The molecule has 112 valence electrons. The molecule has 0 aromatic carbocycles. The minimum absolute atomic E-state index is 0.0501. The Morgan fingerprint density at radius 2 is 1.70 bits per heavy atom. The summed E-state index contributed by atoms with van der Waals surface area (Å²) in [7, 11) is 2.13. The fourth-order valence-electron chi connectivity index (χ4n) is 2.47. The zero-order valence-corrected chi connectivity index (χ0v) is 12.0. The van der Waals surface area contributed by atoms with Crippen molar-refractivity contribution in [2.24, 2.45) is 5.84 Å². The van der Waals surface area contributed by atoms with Crippen molar-refractivity contribution in [3.05, 3.63) is 12.3 Å². The SMILES string of the molecule is C=C1C(=O)N(CCCCN2CCN(C)CC2)C(=O)N1N. The van der Waals surface area contributed by atoms with Crippen LogP contribution in [0.5, 0.6) is 0 Å². The van der Waals surface area contributed by atoms with E-state index in [0.29, 0.717) is 6.54 Å². The molecule has 20 heavy (non-hydrogen) atoms. The summed E-state index contributed by atoms with van der Waals surface area (Å²) >= 11 is 0. The molecule has 0 saturated carbocycles. The first kappa shape index (κ1) is 15.0. The Balaban J connectivity index is 1.67. The second-order valence-electron chi connectivity index (χ2n) is 5.41. The van der Waals surface area contributed by atoms with Crippen molar-refractivity contribution in [3.63, 3.8) is 0 Å². The molecule has 7 heteroatoms. The van der Waals surface area contributed by atoms with Gasteiger partial charge in [0, 0.05) is 32.7 Å². The minimum Gasteiger partial charge on any atom is -0.304 e. The van der Waals surface area contributed by atoms with Crippen molar-refractivity contribution in [1.29, 1.82) is 0 Å². The van der Waals surface area contributed by atoms with Gasteiger partial charge >= 0.3 is 6.03 Å². The van der Waals surface area contributed by atoms with Gasteiger partial charge in [0.2, 0.25) is 0 Å². The largest absolute Gasteiger partial charge is 0.346 e. The van der Waals surface area contributed by atoms with Crippen molar-refractivity contribution in [3.8, 4) is 0 Å². The van der Waals surface area contributed by atoms with Gasteiger partial charge in [0.1, 0.15) is 5.70 Å². The lowest BCUT2D eigenvalue weighted by molar-refractivity contribution is -0.123. The molecule has 0 unspecified atom stereocenters. The van der Waals surface area contributed by atoms with Gasteiger partial charge in [0.15, 0.2) is 0 Å². The van der Waals surface area contributed by atoms with Crippen LogP contribution in [0.1, 0.15) is 12.8 Å². The monoisotopic (exact) mass is 281 g/mol. The van der Waals surface area contributed by atoms with Gasteiger partial charge in [-0.15, -0.1) is 0 Å². The number of nitrogens with two attached hydrogens (primary N) is 1. The molecule has 0 spiro atoms. The summed E-state index contributed by atoms with van der Waals surface area (Å²) in [4.78, 5) is 29.3. The molecule has 0 radical (unpaired) electrons. The Kier molecular flexibility index (Phi) is 4.74. The molecule has 2 aliphatic heterocycles. The maximum absolute atomic E-state index is 11.7. The fraction of sp³-hybridized carbons (Fsp3) is 0.692. The number of carbonyl (C=O) groups excluding carboxylic acids is 2. The first-order valence-electron chi connectivity index (χ1n) is 7.01. The molecule has 2 N–H and O–H groups in total. The summed E-state index contributed by atoms with van der Waals surface area (Å²) in [6, 6.07) is -0.473. The predicted molar refractivity (Wildman–Crippen MR) is 75.4 cm³/mol. The lowest BCUT2D eigenvalue weighted by Gasteiger charge is -2.32. The quantitative estimate of drug-likeness (QED) is 0.245. The number of hydrazine groups is 1. The number of nitrogens with zero attached hydrogens (tertiary/aromatic N) is 4. The van der Waals surface area contributed by atoms with Gasteiger partial charge in [0.05, 0.1) is 0 Å². The maximum atomic E-state index is 11.7. The summed E-state index contributed by atoms with van der Waals surface area (Å²) in [6.45, 7) is 9.31. The molecule has 7 nitrogen and oxygen atoms in total. The number of urea groups is 1. The van der Waals surface area contributed by atoms with E-state index in [9.17, 15) is 9.59 Å². The van der Waals surface area contributed by atoms with E-state index in [2.05, 4.69) is 23.4 Å². The Morgan fingerprint density at radius 3 is 2.25 bits per heavy atom. The maximum Gasteiger partial charge on any atom is 0.346 e. The van der Waals surface area contributed by atoms with Gasteiger partial charge in [0.25, 0.3) is 5.91 Å². The van der Waals surface area contributed by atoms with Gasteiger partial charge in [-0.1, -0.05) is 6.58 Å². The predicted octanol–water partition coefficient (Wildman–Crippen LogP) is -0.334. The summed E-state index contributed by atoms with van der Waals surface area (Å²) < 4.78 is 0. The van der Waals surface area contributed by atoms with E-state index < -0.39 is 6.03 Å². The third kappa shape index (κ3) is 3.17. The zero-order chi connectivity index (χ0) is 14.7. The second-order valence-corrected chi connectivity index (χ2v) is 5.41. The van der Waals surface area contributed by atoms with Gasteiger partial charge in [-0.25, -0.2) is 15.6 Å². The average molecular weight is 281 g/mol. The Bertz CT molecular complexity index is 404. The number of likely N-dealkylation sites (N-methyl/N-ethyl adjacent to an activating group) is 1. The van der Waals surface area contributed by atoms with Crippen LogP contribution in [0.3, 0.4) is 0 Å². The van der Waals surface area contributed by atoms with Crippen molar-refractivity contribution in [2.45, 2.75) is 12.8 Å². The third-order valence-electron chi connectivity index (χ3n) is 3.92. The molecule has 2 saturated heterocycles. The van der Waals surface area contributed by atoms with Gasteiger partial charge in [-0.05, 0) is 26.4 Å². The Labute approximate surface area is 119 Å². The summed E-state index contributed by atoms with van der Waals surface area (Å²) in [5.41, 5.74) is 0.0501. The molecular weight excluding hydrogens is 258 g/mol. The molecule has 3 amide bonds. The number of imide groups is 1. The average Bonchev–Trinajstić information content (AvgIpc) is 2.62. The standard InChI is InChI=1S/C13H23N5O2/c1-11-12(19)17(13(20)18(11)14)6-4-3-5-16-9-7-15(2)8-10-16/h1,3-10,14H2,2H3. The van der Waals surface area contributed by atoms with E-state index in [-0.39, 0.29) is 11.6 Å². The molecule has 0 bridgehead atoms. The third-order valence-corrected chi connectivity index (χ3v) is 3.92. The molecule has 0 atom stereocenters. The van der Waals surface area contributed by atoms with E-state index >= 15 is 0 Å². The smallest absolute Gasteiger partial charge is 0.304 e. The molecule has 2 aliphatic rings. The molecule has 2 rings (SSSR count). The molecule has 2 heterocycles. The van der Waals surface area contributed by atoms with Gasteiger partial charge in [-0.3, -0.25) is 9.69 Å². The molecule has 2 fully saturated rings. The van der Waals surface area contributed by atoms with Crippen LogP contribution in [-0.2, 0) is 4.79 Å². The molecule has 0 aromatic rings. The summed E-state index contributed by atoms with van der Waals surface area (Å²) in [5.74, 6) is 5.07. The van der Waals surface area contributed by atoms with Crippen LogP contribution < -0.4 is 5.84 Å². The zero-order valence-electron chi connectivity index (χ0n) is 12.0. The first-order valence-corrected chi connectivity index (χ1v) is 7.01. The van der Waals surface area contributed by atoms with E-state index in [1.807, 2.05) is 0 Å². The van der Waals surface area contributed by atoms with Crippen molar-refractivity contribution in [2.75, 3.05) is 46.3 Å². The van der Waals surface area contributed by atoms with Crippen LogP contribution in [0.4, 0.5) is 4.79 Å². The van der Waals surface area contributed by atoms with Crippen LogP contribution in [0.2, 0.25) is 0 Å². The van der Waals surface area contributed by atoms with Crippen molar-refractivity contribution >= 4 is 11.9 Å². The normalized spacial score (nSPS) is 22.2. The number of piperazine rings is 1. The van der Waals surface area contributed by atoms with E-state index in [1.165, 1.54) is 4.90 Å². The van der Waals surface area contributed by atoms with Crippen molar-refractivity contribution in [1.82, 2.24) is 19.7 Å². The number of amides is 3. The van der Waals surface area contributed by atoms with Crippen LogP contribution in [0.15, 0.2) is 12.3 Å². The molecule has 0 aromatic heterocycles. The Morgan fingerprint density at radius 1 is 1.10 bits per heavy atom. The Hall–Kier alpha value is -1.44. The highest BCUT2D eigenvalue weighted by molar-refractivity contribution is 6.10. The van der Waals surface area contributed by atoms with E-state index in [1.54, 1.807) is 0 Å². The minimum atomic E-state index is -0.473. The topological polar surface area (TPSA) is 73.1 Å². The first-order chi connectivity index (χ1) is 9.50. The van der Waals surface area contributed by atoms with Crippen LogP contribution in [-0.4, -0.2) is 78.0 Å². The van der Waals surface area contributed by atoms with E-state index in [4.69, 9.17) is 5.84 Å². The number of carbonyl (C=O) groups is 2. The lowest BCUT2D eigenvalue weighted by atomic mass is 10.2. The van der Waals surface area contributed by atoms with E-state index in [0.717, 1.165) is 50.6 Å². The summed E-state index contributed by atoms with van der Waals surface area (Å²) in [6.07, 6.45) is 1.77. The number of hydrogen-bond acceptors (Lipinski definition) is 5. The fourth-order valence-corrected chi connectivity index (χ4v) is 2.47. The second kappa shape index (κ2) is 6.34. The van der Waals surface area contributed by atoms with Crippen molar-refractivity contribution < 1.29 is 9.59 Å². The highest BCUT2D eigenvalue weighted by atomic mass is 16.2. The highest BCUT2D eigenvalue weighted by Gasteiger charge is 2.37. The van der Waals surface area contributed by atoms with Gasteiger partial charge in [-0.2, -0.15) is 0 Å². The summed E-state index contributed by atoms with van der Waals surface area (Å²) in [5, 5.41) is 0.822. The van der Waals surface area contributed by atoms with Crippen LogP contribution in [0, 0.1) is 0 Å². The lowest BCUT2D eigenvalue weighted by Crippen LogP contribution is -2.44. The molecular formula is C13H23N5O2. The molecule has 0 aliphatic carbocycles. The number of rotatable bonds is 5. The van der Waals surface area contributed by atoms with Crippen LogP contribution >= 0.6 is 0 Å². The number of hydrogen-bond donors (Lipinski definition) is 1. The number of unbranched alkanes of at least 4 members (excludes halogenated alkanes) is 1. The van der Waals surface area contributed by atoms with Gasteiger partial charge < -0.3 is 9.80 Å².